The van der Waals surface area contributed by atoms with E-state index in [9.17, 15) is 4.79 Å². The van der Waals surface area contributed by atoms with E-state index in [-0.39, 0.29) is 18.1 Å². The van der Waals surface area contributed by atoms with Gasteiger partial charge < -0.3 is 11.5 Å². The van der Waals surface area contributed by atoms with Crippen molar-refractivity contribution < 1.29 is 4.79 Å². The largest absolute Gasteiger partial charge is 0.395 e. The number of carbonyl (C=O) groups excluding carboxylic acids is 1. The molecule has 10 heavy (non-hydrogen) atoms. The van der Waals surface area contributed by atoms with E-state index in [1.165, 1.54) is 0 Å². The second-order valence-electron chi connectivity index (χ2n) is 1.81. The van der Waals surface area contributed by atoms with Crippen LogP contribution in [-0.4, -0.2) is 5.91 Å². The average molecular weight is 165 g/mol. The number of allylic oxidation sites excluding steroid dienone is 1. The molecule has 0 aliphatic rings. The van der Waals surface area contributed by atoms with Crippen molar-refractivity contribution in [3.05, 3.63) is 11.8 Å². The van der Waals surface area contributed by atoms with E-state index >= 15 is 0 Å². The molecule has 0 heterocycles. The molecule has 0 aliphatic heterocycles. The topological polar surface area (TPSA) is 69.1 Å². The zero-order valence-corrected chi connectivity index (χ0v) is 6.78. The molecule has 0 rings (SSSR count). The Kier molecular flexibility index (Phi) is 7.72. The van der Waals surface area contributed by atoms with E-state index < -0.39 is 5.91 Å². The molecule has 3 nitrogen and oxygen atoms in total. The molecular formula is C6H13ClN2O. The van der Waals surface area contributed by atoms with Crippen molar-refractivity contribution in [3.8, 4) is 0 Å². The Hall–Kier alpha value is -0.700. The fourth-order valence-corrected chi connectivity index (χ4v) is 0.400. The maximum atomic E-state index is 10.2. The first kappa shape index (κ1) is 12.0. The Labute approximate surface area is 66.9 Å². The molecule has 0 atom stereocenters. The van der Waals surface area contributed by atoms with E-state index in [0.717, 1.165) is 12.8 Å². The molecular weight excluding hydrogens is 152 g/mol. The van der Waals surface area contributed by atoms with Gasteiger partial charge in [-0.2, -0.15) is 0 Å². The van der Waals surface area contributed by atoms with Crippen LogP contribution in [0.4, 0.5) is 0 Å². The third-order valence-corrected chi connectivity index (χ3v) is 0.937. The fraction of sp³-hybridized carbons (Fsp3) is 0.500. The number of amides is 1. The molecule has 4 heteroatoms. The number of hydrogen-bond acceptors (Lipinski definition) is 2. The van der Waals surface area contributed by atoms with Crippen LogP contribution < -0.4 is 11.5 Å². The van der Waals surface area contributed by atoms with Crippen molar-refractivity contribution in [1.82, 2.24) is 0 Å². The Morgan fingerprint density at radius 1 is 1.50 bits per heavy atom. The van der Waals surface area contributed by atoms with Gasteiger partial charge in [-0.15, -0.1) is 12.4 Å². The highest BCUT2D eigenvalue weighted by Crippen LogP contribution is 1.90. The average Bonchev–Trinajstić information content (AvgIpc) is 1.82. The molecule has 0 fully saturated rings. The third-order valence-electron chi connectivity index (χ3n) is 0.937. The van der Waals surface area contributed by atoms with Crippen LogP contribution in [0, 0.1) is 0 Å². The molecule has 0 aliphatic carbocycles. The predicted molar refractivity (Wildman–Crippen MR) is 43.6 cm³/mol. The van der Waals surface area contributed by atoms with Crippen LogP contribution in [0.2, 0.25) is 0 Å². The standard InChI is InChI=1S/C6H12N2O.ClH/c1-2-3-4-5(7)6(8)9;/h4H,2-3,7H2,1H3,(H2,8,9);1H/b5-4-;. The summed E-state index contributed by atoms with van der Waals surface area (Å²) in [5.41, 5.74) is 10.2. The second kappa shape index (κ2) is 6.42. The van der Waals surface area contributed by atoms with Crippen LogP contribution in [-0.2, 0) is 4.79 Å². The quantitative estimate of drug-likeness (QED) is 0.598. The highest BCUT2D eigenvalue weighted by atomic mass is 35.5. The summed E-state index contributed by atoms with van der Waals surface area (Å²) in [5.74, 6) is -0.538. The van der Waals surface area contributed by atoms with Gasteiger partial charge in [0.05, 0.1) is 5.70 Å². The van der Waals surface area contributed by atoms with Gasteiger partial charge in [0.1, 0.15) is 0 Å². The Morgan fingerprint density at radius 3 is 2.30 bits per heavy atom. The molecule has 0 spiro atoms. The van der Waals surface area contributed by atoms with Gasteiger partial charge in [-0.05, 0) is 6.42 Å². The number of unbranched alkanes of at least 4 members (excludes halogenated alkanes) is 1. The van der Waals surface area contributed by atoms with Gasteiger partial charge in [-0.25, -0.2) is 0 Å². The molecule has 0 saturated carbocycles. The van der Waals surface area contributed by atoms with Crippen molar-refractivity contribution >= 4 is 18.3 Å². The first-order valence-electron chi connectivity index (χ1n) is 2.94. The third kappa shape index (κ3) is 5.44. The number of nitrogens with two attached hydrogens (primary N) is 2. The highest BCUT2D eigenvalue weighted by Gasteiger charge is 1.94. The minimum absolute atomic E-state index is 0. The lowest BCUT2D eigenvalue weighted by Gasteiger charge is -1.91. The van der Waals surface area contributed by atoms with Crippen LogP contribution in [0.25, 0.3) is 0 Å². The van der Waals surface area contributed by atoms with Crippen LogP contribution in [0.15, 0.2) is 11.8 Å². The maximum Gasteiger partial charge on any atom is 0.264 e. The number of rotatable bonds is 3. The number of halogens is 1. The lowest BCUT2D eigenvalue weighted by Crippen LogP contribution is -2.19. The van der Waals surface area contributed by atoms with Crippen LogP contribution in [0.1, 0.15) is 19.8 Å². The van der Waals surface area contributed by atoms with Crippen molar-refractivity contribution in [1.29, 1.82) is 0 Å². The minimum Gasteiger partial charge on any atom is -0.395 e. The lowest BCUT2D eigenvalue weighted by molar-refractivity contribution is -0.114. The molecule has 0 saturated heterocycles. The first-order chi connectivity index (χ1) is 4.18. The van der Waals surface area contributed by atoms with Gasteiger partial charge in [0.15, 0.2) is 0 Å². The molecule has 60 valence electrons. The maximum absolute atomic E-state index is 10.2. The van der Waals surface area contributed by atoms with Gasteiger partial charge in [0.25, 0.3) is 5.91 Å². The zero-order valence-electron chi connectivity index (χ0n) is 5.96. The summed E-state index contributed by atoms with van der Waals surface area (Å²) in [7, 11) is 0. The summed E-state index contributed by atoms with van der Waals surface area (Å²) in [6.07, 6.45) is 3.44. The molecule has 1 amide bonds. The van der Waals surface area contributed by atoms with Crippen molar-refractivity contribution in [3.63, 3.8) is 0 Å². The minimum atomic E-state index is -0.538. The number of carbonyl (C=O) groups is 1. The first-order valence-corrected chi connectivity index (χ1v) is 2.94. The molecule has 0 aromatic carbocycles. The van der Waals surface area contributed by atoms with E-state index in [1.807, 2.05) is 6.92 Å². The molecule has 0 unspecified atom stereocenters. The van der Waals surface area contributed by atoms with Gasteiger partial charge in [0, 0.05) is 0 Å². The second-order valence-corrected chi connectivity index (χ2v) is 1.81. The highest BCUT2D eigenvalue weighted by molar-refractivity contribution is 5.90. The monoisotopic (exact) mass is 164 g/mol. The van der Waals surface area contributed by atoms with E-state index in [0.29, 0.717) is 0 Å². The summed E-state index contributed by atoms with van der Waals surface area (Å²) in [4.78, 5) is 10.2. The van der Waals surface area contributed by atoms with Gasteiger partial charge in [0.2, 0.25) is 0 Å². The van der Waals surface area contributed by atoms with E-state index in [1.54, 1.807) is 6.08 Å². The van der Waals surface area contributed by atoms with Crippen LogP contribution in [0.3, 0.4) is 0 Å². The van der Waals surface area contributed by atoms with E-state index in [2.05, 4.69) is 0 Å². The zero-order chi connectivity index (χ0) is 7.28. The molecule has 4 N–H and O–H groups in total. The summed E-state index contributed by atoms with van der Waals surface area (Å²) in [5, 5.41) is 0. The smallest absolute Gasteiger partial charge is 0.264 e. The fourth-order valence-electron chi connectivity index (χ4n) is 0.400. The lowest BCUT2D eigenvalue weighted by atomic mass is 10.3. The van der Waals surface area contributed by atoms with Crippen molar-refractivity contribution in [2.45, 2.75) is 19.8 Å². The summed E-state index contributed by atoms with van der Waals surface area (Å²) >= 11 is 0. The van der Waals surface area contributed by atoms with Crippen molar-refractivity contribution in [2.24, 2.45) is 11.5 Å². The van der Waals surface area contributed by atoms with Gasteiger partial charge in [-0.3, -0.25) is 4.79 Å². The Bertz CT molecular complexity index is 134. The van der Waals surface area contributed by atoms with Gasteiger partial charge in [-0.1, -0.05) is 19.4 Å². The summed E-state index contributed by atoms with van der Waals surface area (Å²) in [6, 6.07) is 0. The molecule has 0 aromatic rings. The summed E-state index contributed by atoms with van der Waals surface area (Å²) in [6.45, 7) is 2.00. The van der Waals surface area contributed by atoms with Crippen molar-refractivity contribution in [2.75, 3.05) is 0 Å². The Morgan fingerprint density at radius 2 is 2.00 bits per heavy atom. The predicted octanol–water partition coefficient (Wildman–Crippen LogP) is 0.536. The molecule has 0 radical (unpaired) electrons. The molecule has 0 aromatic heterocycles. The summed E-state index contributed by atoms with van der Waals surface area (Å²) < 4.78 is 0. The Balaban J connectivity index is 0. The van der Waals surface area contributed by atoms with Crippen LogP contribution >= 0.6 is 12.4 Å². The van der Waals surface area contributed by atoms with E-state index in [4.69, 9.17) is 11.5 Å². The van der Waals surface area contributed by atoms with Gasteiger partial charge >= 0.3 is 0 Å². The van der Waals surface area contributed by atoms with Crippen LogP contribution in [0.5, 0.6) is 0 Å². The molecule has 0 bridgehead atoms. The SMILES string of the molecule is CCC/C=C(\N)C(N)=O.Cl. The number of primary amides is 1. The number of hydrogen-bond donors (Lipinski definition) is 2. The normalized spacial score (nSPS) is 10.3.